The van der Waals surface area contributed by atoms with Crippen molar-refractivity contribution in [2.75, 3.05) is 4.90 Å². The van der Waals surface area contributed by atoms with Gasteiger partial charge in [-0.25, -0.2) is 0 Å². The average molecular weight is 917 g/mol. The lowest BCUT2D eigenvalue weighted by atomic mass is 9.96. The van der Waals surface area contributed by atoms with Crippen molar-refractivity contribution in [2.24, 2.45) is 0 Å². The molecule has 0 aliphatic heterocycles. The number of nitrogens with zero attached hydrogens (tertiary/aromatic N) is 2. The Balaban J connectivity index is 0.902. The summed E-state index contributed by atoms with van der Waals surface area (Å²) in [6, 6.07) is 106. The molecule has 0 bridgehead atoms. The van der Waals surface area contributed by atoms with Gasteiger partial charge >= 0.3 is 0 Å². The van der Waals surface area contributed by atoms with E-state index in [0.29, 0.717) is 0 Å². The second kappa shape index (κ2) is 18.4. The van der Waals surface area contributed by atoms with Gasteiger partial charge in [-0.3, -0.25) is 0 Å². The maximum atomic E-state index is 2.42. The Morgan fingerprint density at radius 1 is 0.236 bits per heavy atom. The largest absolute Gasteiger partial charge is 0.310 e. The monoisotopic (exact) mass is 916 g/mol. The quantitative estimate of drug-likeness (QED) is 0.133. The molecular formula is C70H48N2. The van der Waals surface area contributed by atoms with E-state index in [4.69, 9.17) is 0 Å². The van der Waals surface area contributed by atoms with Crippen LogP contribution in [0.3, 0.4) is 0 Å². The lowest BCUT2D eigenvalue weighted by molar-refractivity contribution is 1.18. The maximum Gasteiger partial charge on any atom is 0.0547 e. The molecule has 1 heterocycles. The van der Waals surface area contributed by atoms with Crippen LogP contribution >= 0.6 is 0 Å². The summed E-state index contributed by atoms with van der Waals surface area (Å²) in [6.07, 6.45) is 0. The molecule has 72 heavy (non-hydrogen) atoms. The summed E-state index contributed by atoms with van der Waals surface area (Å²) < 4.78 is 2.42. The molecule has 13 rings (SSSR count). The van der Waals surface area contributed by atoms with Gasteiger partial charge < -0.3 is 9.47 Å². The molecule has 0 N–H and O–H groups in total. The summed E-state index contributed by atoms with van der Waals surface area (Å²) in [7, 11) is 0. The van der Waals surface area contributed by atoms with E-state index in [2.05, 4.69) is 301 Å². The van der Waals surface area contributed by atoms with Crippen molar-refractivity contribution in [3.05, 3.63) is 291 Å². The van der Waals surface area contributed by atoms with Gasteiger partial charge in [0.05, 0.1) is 11.0 Å². The first-order valence-electron chi connectivity index (χ1n) is 24.7. The normalized spacial score (nSPS) is 11.3. The predicted octanol–water partition coefficient (Wildman–Crippen LogP) is 19.4. The molecular weight excluding hydrogens is 869 g/mol. The van der Waals surface area contributed by atoms with Crippen molar-refractivity contribution in [2.45, 2.75) is 0 Å². The fraction of sp³-hybridized carbons (Fsp3) is 0. The third kappa shape index (κ3) is 7.92. The highest BCUT2D eigenvalue weighted by atomic mass is 15.1. The van der Waals surface area contributed by atoms with Crippen molar-refractivity contribution in [1.82, 2.24) is 4.57 Å². The van der Waals surface area contributed by atoms with Crippen molar-refractivity contribution in [3.63, 3.8) is 0 Å². The van der Waals surface area contributed by atoms with E-state index in [-0.39, 0.29) is 0 Å². The molecule has 0 fully saturated rings. The highest BCUT2D eigenvalue weighted by molar-refractivity contribution is 6.16. The van der Waals surface area contributed by atoms with E-state index in [1.165, 1.54) is 93.8 Å². The number of aromatic nitrogens is 1. The second-order valence-electron chi connectivity index (χ2n) is 18.5. The van der Waals surface area contributed by atoms with Gasteiger partial charge in [-0.2, -0.15) is 0 Å². The van der Waals surface area contributed by atoms with Gasteiger partial charge in [0.1, 0.15) is 0 Å². The summed E-state index contributed by atoms with van der Waals surface area (Å²) in [5.41, 5.74) is 21.1. The standard InChI is InChI=1S/C70H48N2/c1-4-15-49(16-5-1)51-29-31-52(32-30-51)54-37-42-61(43-38-54)71(62-44-39-55(40-45-62)53-33-35-57(36-34-53)65-26-13-20-56-19-10-11-25-64(56)65)63-24-12-21-59(47-63)66-27-14-28-68-70(66)67-46-41-58(50-17-6-2-7-18-50)48-69(67)72(68)60-22-8-3-9-23-60/h1-48H. The van der Waals surface area contributed by atoms with Gasteiger partial charge in [-0.15, -0.1) is 0 Å². The molecule has 0 spiro atoms. The fourth-order valence-corrected chi connectivity index (χ4v) is 10.6. The zero-order chi connectivity index (χ0) is 47.8. The lowest BCUT2D eigenvalue weighted by Gasteiger charge is -2.26. The summed E-state index contributed by atoms with van der Waals surface area (Å²) in [4.78, 5) is 2.39. The smallest absolute Gasteiger partial charge is 0.0547 e. The SMILES string of the molecule is c1ccc(-c2ccc(-c3ccc(N(c4ccc(-c5ccc(-c6cccc7ccccc67)cc5)cc4)c4cccc(-c5cccc6c5c5ccc(-c7ccccc7)cc5n6-c5ccccc5)c4)cc3)cc2)cc1. The van der Waals surface area contributed by atoms with Crippen LogP contribution in [0.5, 0.6) is 0 Å². The molecule has 13 aromatic rings. The number of hydrogen-bond donors (Lipinski definition) is 0. The van der Waals surface area contributed by atoms with Crippen molar-refractivity contribution in [1.29, 1.82) is 0 Å². The van der Waals surface area contributed by atoms with Crippen LogP contribution in [0, 0.1) is 0 Å². The molecule has 0 aliphatic rings. The minimum absolute atomic E-state index is 1.08. The van der Waals surface area contributed by atoms with Crippen molar-refractivity contribution < 1.29 is 0 Å². The third-order valence-electron chi connectivity index (χ3n) is 14.2. The Kier molecular flexibility index (Phi) is 10.9. The Morgan fingerprint density at radius 3 is 1.31 bits per heavy atom. The van der Waals surface area contributed by atoms with Crippen LogP contribution in [-0.4, -0.2) is 4.57 Å². The highest BCUT2D eigenvalue weighted by Gasteiger charge is 2.20. The molecule has 0 saturated heterocycles. The maximum absolute atomic E-state index is 2.42. The first kappa shape index (κ1) is 42.6. The zero-order valence-corrected chi connectivity index (χ0v) is 39.6. The van der Waals surface area contributed by atoms with Gasteiger partial charge in [-0.1, -0.05) is 231 Å². The Bertz CT molecular complexity index is 4020. The molecule has 338 valence electrons. The Hall–Kier alpha value is -9.50. The topological polar surface area (TPSA) is 8.17 Å². The Morgan fingerprint density at radius 2 is 0.681 bits per heavy atom. The number of hydrogen-bond acceptors (Lipinski definition) is 1. The molecule has 0 unspecified atom stereocenters. The zero-order valence-electron chi connectivity index (χ0n) is 39.6. The van der Waals surface area contributed by atoms with Gasteiger partial charge in [-0.05, 0) is 138 Å². The van der Waals surface area contributed by atoms with Crippen LogP contribution < -0.4 is 4.90 Å². The molecule has 0 atom stereocenters. The van der Waals surface area contributed by atoms with E-state index in [0.717, 1.165) is 28.3 Å². The number of rotatable bonds is 10. The van der Waals surface area contributed by atoms with Crippen LogP contribution in [0.2, 0.25) is 0 Å². The van der Waals surface area contributed by atoms with Gasteiger partial charge in [0.2, 0.25) is 0 Å². The molecule has 0 saturated carbocycles. The summed E-state index contributed by atoms with van der Waals surface area (Å²) >= 11 is 0. The predicted molar refractivity (Wildman–Crippen MR) is 306 cm³/mol. The van der Waals surface area contributed by atoms with Crippen LogP contribution in [-0.2, 0) is 0 Å². The van der Waals surface area contributed by atoms with E-state index < -0.39 is 0 Å². The van der Waals surface area contributed by atoms with Crippen molar-refractivity contribution in [3.8, 4) is 72.4 Å². The minimum atomic E-state index is 1.08. The summed E-state index contributed by atoms with van der Waals surface area (Å²) in [6.45, 7) is 0. The molecule has 2 nitrogen and oxygen atoms in total. The average Bonchev–Trinajstić information content (AvgIpc) is 3.80. The Labute approximate surface area is 420 Å². The molecule has 1 aromatic heterocycles. The van der Waals surface area contributed by atoms with E-state index in [9.17, 15) is 0 Å². The first-order valence-corrected chi connectivity index (χ1v) is 24.7. The number of benzene rings is 12. The van der Waals surface area contributed by atoms with Gasteiger partial charge in [0.15, 0.2) is 0 Å². The first-order chi connectivity index (χ1) is 35.7. The van der Waals surface area contributed by atoms with Crippen LogP contribution in [0.25, 0.3) is 105 Å². The molecule has 2 heteroatoms. The summed E-state index contributed by atoms with van der Waals surface area (Å²) in [5, 5.41) is 4.98. The van der Waals surface area contributed by atoms with Crippen LogP contribution in [0.4, 0.5) is 17.1 Å². The van der Waals surface area contributed by atoms with Gasteiger partial charge in [0.25, 0.3) is 0 Å². The van der Waals surface area contributed by atoms with E-state index in [1.54, 1.807) is 0 Å². The van der Waals surface area contributed by atoms with E-state index >= 15 is 0 Å². The second-order valence-corrected chi connectivity index (χ2v) is 18.5. The number of fused-ring (bicyclic) bond motifs is 4. The lowest BCUT2D eigenvalue weighted by Crippen LogP contribution is -2.10. The minimum Gasteiger partial charge on any atom is -0.310 e. The fourth-order valence-electron chi connectivity index (χ4n) is 10.6. The molecule has 12 aromatic carbocycles. The summed E-state index contributed by atoms with van der Waals surface area (Å²) in [5.74, 6) is 0. The highest BCUT2D eigenvalue weighted by Crippen LogP contribution is 2.43. The van der Waals surface area contributed by atoms with Crippen LogP contribution in [0.1, 0.15) is 0 Å². The number of anilines is 3. The molecule has 0 aliphatic carbocycles. The van der Waals surface area contributed by atoms with Crippen molar-refractivity contribution >= 4 is 49.6 Å². The third-order valence-corrected chi connectivity index (χ3v) is 14.2. The molecule has 0 radical (unpaired) electrons. The van der Waals surface area contributed by atoms with E-state index in [1.807, 2.05) is 0 Å². The molecule has 0 amide bonds. The number of para-hydroxylation sites is 1. The van der Waals surface area contributed by atoms with Crippen LogP contribution in [0.15, 0.2) is 291 Å². The van der Waals surface area contributed by atoms with Gasteiger partial charge in [0, 0.05) is 33.5 Å².